The van der Waals surface area contributed by atoms with E-state index < -0.39 is 34.4 Å². The second-order valence-electron chi connectivity index (χ2n) is 6.00. The highest BCUT2D eigenvalue weighted by Crippen LogP contribution is 2.17. The number of amides is 1. The Morgan fingerprint density at radius 2 is 1.79 bits per heavy atom. The molecule has 0 spiro atoms. The highest BCUT2D eigenvalue weighted by Gasteiger charge is 2.24. The molecule has 0 aliphatic rings. The van der Waals surface area contributed by atoms with Crippen LogP contribution in [0.25, 0.3) is 0 Å². The van der Waals surface area contributed by atoms with Crippen LogP contribution in [-0.2, 0) is 30.9 Å². The molecule has 0 saturated carbocycles. The number of nitrogens with one attached hydrogen (secondary N) is 2. The van der Waals surface area contributed by atoms with Crippen molar-refractivity contribution in [2.24, 2.45) is 0 Å². The third-order valence-electron chi connectivity index (χ3n) is 3.60. The highest BCUT2D eigenvalue weighted by atomic mass is 35.5. The number of halogens is 1. The van der Waals surface area contributed by atoms with Crippen molar-refractivity contribution in [3.63, 3.8) is 0 Å². The Bertz CT molecular complexity index is 1000. The van der Waals surface area contributed by atoms with Gasteiger partial charge < -0.3 is 10.1 Å². The Hall–Kier alpha value is -2.27. The summed E-state index contributed by atoms with van der Waals surface area (Å²) in [6, 6.07) is 7.52. The highest BCUT2D eigenvalue weighted by molar-refractivity contribution is 7.89. The smallest absolute Gasteiger partial charge is 0.324 e. The number of esters is 1. The van der Waals surface area contributed by atoms with Crippen molar-refractivity contribution in [2.45, 2.75) is 31.3 Å². The Labute approximate surface area is 177 Å². The van der Waals surface area contributed by atoms with E-state index in [2.05, 4.69) is 10.0 Å². The molecule has 0 bridgehead atoms. The van der Waals surface area contributed by atoms with E-state index in [1.165, 1.54) is 49.4 Å². The maximum atomic E-state index is 12.3. The molecular formula is C18H19ClN2O6S2. The van der Waals surface area contributed by atoms with Crippen molar-refractivity contribution in [1.82, 2.24) is 10.0 Å². The molecule has 0 saturated heterocycles. The van der Waals surface area contributed by atoms with Crippen LogP contribution < -0.4 is 10.0 Å². The summed E-state index contributed by atoms with van der Waals surface area (Å²) in [7, 11) is -3.95. The van der Waals surface area contributed by atoms with Gasteiger partial charge in [-0.3, -0.25) is 14.4 Å². The average molecular weight is 459 g/mol. The molecule has 8 nitrogen and oxygen atoms in total. The van der Waals surface area contributed by atoms with Crippen LogP contribution in [-0.4, -0.2) is 38.7 Å². The predicted octanol–water partition coefficient (Wildman–Crippen LogP) is 2.13. The fourth-order valence-corrected chi connectivity index (χ4v) is 4.32. The monoisotopic (exact) mass is 458 g/mol. The first-order valence-electron chi connectivity index (χ1n) is 8.39. The topological polar surface area (TPSA) is 119 Å². The molecule has 1 heterocycles. The van der Waals surface area contributed by atoms with E-state index in [9.17, 15) is 22.8 Å². The van der Waals surface area contributed by atoms with Gasteiger partial charge in [0.25, 0.3) is 0 Å². The summed E-state index contributed by atoms with van der Waals surface area (Å²) >= 11 is 6.91. The molecule has 2 rings (SSSR count). The van der Waals surface area contributed by atoms with Crippen molar-refractivity contribution in [1.29, 1.82) is 0 Å². The number of ketones is 1. The van der Waals surface area contributed by atoms with E-state index >= 15 is 0 Å². The number of hydrogen-bond acceptors (Lipinski definition) is 7. The quantitative estimate of drug-likeness (QED) is 0.439. The first-order valence-corrected chi connectivity index (χ1v) is 11.1. The first-order chi connectivity index (χ1) is 13.6. The van der Waals surface area contributed by atoms with Crippen LogP contribution in [0.3, 0.4) is 0 Å². The maximum Gasteiger partial charge on any atom is 0.324 e. The molecule has 29 heavy (non-hydrogen) atoms. The maximum absolute atomic E-state index is 12.3. The van der Waals surface area contributed by atoms with Crippen LogP contribution in [0.2, 0.25) is 5.02 Å². The van der Waals surface area contributed by atoms with Gasteiger partial charge >= 0.3 is 5.97 Å². The van der Waals surface area contributed by atoms with Crippen LogP contribution in [0.4, 0.5) is 0 Å². The van der Waals surface area contributed by atoms with Crippen molar-refractivity contribution < 1.29 is 27.5 Å². The third-order valence-corrected chi connectivity index (χ3v) is 6.54. The molecule has 0 unspecified atom stereocenters. The van der Waals surface area contributed by atoms with Gasteiger partial charge in [-0.15, -0.1) is 11.3 Å². The molecule has 2 aromatic rings. The van der Waals surface area contributed by atoms with E-state index in [1.807, 2.05) is 0 Å². The number of ether oxygens (including phenoxy) is 1. The van der Waals surface area contributed by atoms with Gasteiger partial charge in [-0.1, -0.05) is 11.6 Å². The van der Waals surface area contributed by atoms with Crippen LogP contribution in [0, 0.1) is 0 Å². The van der Waals surface area contributed by atoms with Crippen molar-refractivity contribution in [2.75, 3.05) is 6.61 Å². The number of sulfonamides is 1. The molecule has 156 valence electrons. The zero-order valence-corrected chi connectivity index (χ0v) is 18.0. The number of thiophene rings is 1. The molecule has 1 aromatic carbocycles. The first kappa shape index (κ1) is 23.0. The lowest BCUT2D eigenvalue weighted by Gasteiger charge is -2.13. The predicted molar refractivity (Wildman–Crippen MR) is 108 cm³/mol. The molecule has 0 aliphatic carbocycles. The summed E-state index contributed by atoms with van der Waals surface area (Å²) in [5.74, 6) is -1.49. The van der Waals surface area contributed by atoms with Crippen molar-refractivity contribution in [3.8, 4) is 0 Å². The largest absolute Gasteiger partial charge is 0.456 e. The standard InChI is InChI=1S/C18H19ClN2O6S2/c1-11(21-29(25,26)15-6-3-13(19)4-7-15)18(24)27-10-16(23)17-8-5-14(28-17)9-20-12(2)22/h3-8,11,21H,9-10H2,1-2H3,(H,20,22)/t11-/m0/s1. The molecule has 0 radical (unpaired) electrons. The van der Waals surface area contributed by atoms with E-state index in [4.69, 9.17) is 16.3 Å². The summed E-state index contributed by atoms with van der Waals surface area (Å²) in [5.41, 5.74) is 0. The number of Topliss-reactive ketones (excluding diaryl/α,β-unsaturated/α-hetero) is 1. The normalized spacial score (nSPS) is 12.2. The fourth-order valence-electron chi connectivity index (χ4n) is 2.13. The van der Waals surface area contributed by atoms with Gasteiger partial charge in [-0.05, 0) is 43.3 Å². The minimum absolute atomic E-state index is 0.0529. The molecular weight excluding hydrogens is 440 g/mol. The lowest BCUT2D eigenvalue weighted by atomic mass is 10.3. The molecule has 11 heteroatoms. The Morgan fingerprint density at radius 1 is 1.14 bits per heavy atom. The third kappa shape index (κ3) is 6.93. The number of hydrogen-bond donors (Lipinski definition) is 2. The number of rotatable bonds is 9. The van der Waals surface area contributed by atoms with Crippen molar-refractivity contribution >= 4 is 50.6 Å². The number of carbonyl (C=O) groups excluding carboxylic acids is 3. The molecule has 1 amide bonds. The summed E-state index contributed by atoms with van der Waals surface area (Å²) in [6.07, 6.45) is 0. The number of carbonyl (C=O) groups is 3. The molecule has 0 fully saturated rings. The van der Waals surface area contributed by atoms with E-state index in [-0.39, 0.29) is 10.8 Å². The Balaban J connectivity index is 1.88. The van der Waals surface area contributed by atoms with Gasteiger partial charge in [0.15, 0.2) is 6.61 Å². The lowest BCUT2D eigenvalue weighted by Crippen LogP contribution is -2.40. The van der Waals surface area contributed by atoms with Crippen LogP contribution in [0.5, 0.6) is 0 Å². The second-order valence-corrected chi connectivity index (χ2v) is 9.32. The minimum atomic E-state index is -3.95. The van der Waals surface area contributed by atoms with E-state index in [0.29, 0.717) is 16.4 Å². The zero-order valence-electron chi connectivity index (χ0n) is 15.6. The van der Waals surface area contributed by atoms with Crippen molar-refractivity contribution in [3.05, 3.63) is 51.2 Å². The second kappa shape index (κ2) is 9.97. The minimum Gasteiger partial charge on any atom is -0.456 e. The molecule has 2 N–H and O–H groups in total. The van der Waals surface area contributed by atoms with Crippen LogP contribution >= 0.6 is 22.9 Å². The van der Waals surface area contributed by atoms with Gasteiger partial charge in [-0.2, -0.15) is 4.72 Å². The summed E-state index contributed by atoms with van der Waals surface area (Å²) < 4.78 is 31.7. The van der Waals surface area contributed by atoms with Crippen LogP contribution in [0.15, 0.2) is 41.3 Å². The SMILES string of the molecule is CC(=O)NCc1ccc(C(=O)COC(=O)[C@H](C)NS(=O)(=O)c2ccc(Cl)cc2)s1. The average Bonchev–Trinajstić information content (AvgIpc) is 3.13. The molecule has 1 aromatic heterocycles. The van der Waals surface area contributed by atoms with E-state index in [0.717, 1.165) is 4.88 Å². The van der Waals surface area contributed by atoms with Gasteiger partial charge in [0.05, 0.1) is 16.3 Å². The summed E-state index contributed by atoms with van der Waals surface area (Å²) in [4.78, 5) is 36.2. The fraction of sp³-hybridized carbons (Fsp3) is 0.278. The summed E-state index contributed by atoms with van der Waals surface area (Å²) in [5, 5.41) is 3.00. The lowest BCUT2D eigenvalue weighted by molar-refractivity contribution is -0.144. The van der Waals surface area contributed by atoms with Crippen LogP contribution in [0.1, 0.15) is 28.4 Å². The van der Waals surface area contributed by atoms with Gasteiger partial charge in [0.1, 0.15) is 6.04 Å². The van der Waals surface area contributed by atoms with Gasteiger partial charge in [-0.25, -0.2) is 8.42 Å². The zero-order chi connectivity index (χ0) is 21.6. The van der Waals surface area contributed by atoms with Gasteiger partial charge in [0.2, 0.25) is 21.7 Å². The van der Waals surface area contributed by atoms with E-state index in [1.54, 1.807) is 12.1 Å². The van der Waals surface area contributed by atoms with Gasteiger partial charge in [0, 0.05) is 16.8 Å². The molecule has 0 aliphatic heterocycles. The Kier molecular flexibility index (Phi) is 7.91. The molecule has 1 atom stereocenters. The Morgan fingerprint density at radius 3 is 2.41 bits per heavy atom. The number of benzene rings is 1. The summed E-state index contributed by atoms with van der Waals surface area (Å²) in [6.45, 7) is 2.49.